The fourth-order valence-corrected chi connectivity index (χ4v) is 1.13. The Balaban J connectivity index is 0.00000137. The topological polar surface area (TPSA) is 76.1 Å². The molecule has 18 heavy (non-hydrogen) atoms. The first-order valence-electron chi connectivity index (χ1n) is 5.82. The van der Waals surface area contributed by atoms with Gasteiger partial charge in [-0.05, 0) is 30.7 Å². The Kier molecular flexibility index (Phi) is 7.71. The van der Waals surface area contributed by atoms with E-state index in [1.165, 1.54) is 6.08 Å². The highest BCUT2D eigenvalue weighted by molar-refractivity contribution is 5.87. The van der Waals surface area contributed by atoms with Crippen LogP contribution in [0.2, 0.25) is 0 Å². The molecule has 2 N–H and O–H groups in total. The average Bonchev–Trinajstić information content (AvgIpc) is 2.40. The summed E-state index contributed by atoms with van der Waals surface area (Å²) in [6.45, 7) is 6.08. The van der Waals surface area contributed by atoms with Gasteiger partial charge in [0.1, 0.15) is 6.07 Å². The lowest BCUT2D eigenvalue weighted by atomic mass is 10.1. The van der Waals surface area contributed by atoms with Crippen molar-refractivity contribution in [1.82, 2.24) is 0 Å². The standard InChI is InChI=1S/C12H12N2O2.C2H6/c1-2-16-12(15)6-4-9-3-5-11(14)10(7-9)8-13;1-2/h3-7H,2,14H2,1H3;1-2H3/b6-4+;. The van der Waals surface area contributed by atoms with Crippen molar-refractivity contribution in [3.63, 3.8) is 0 Å². The zero-order valence-electron chi connectivity index (χ0n) is 10.9. The second kappa shape index (κ2) is 8.82. The number of nitriles is 1. The SMILES string of the molecule is CC.CCOC(=O)/C=C/c1ccc(N)c(C#N)c1. The number of nitrogens with two attached hydrogens (primary N) is 1. The third-order valence-electron chi connectivity index (χ3n) is 1.90. The van der Waals surface area contributed by atoms with Gasteiger partial charge in [-0.25, -0.2) is 4.79 Å². The summed E-state index contributed by atoms with van der Waals surface area (Å²) in [6.07, 6.45) is 2.90. The van der Waals surface area contributed by atoms with E-state index in [2.05, 4.69) is 0 Å². The highest BCUT2D eigenvalue weighted by atomic mass is 16.5. The van der Waals surface area contributed by atoms with Gasteiger partial charge in [-0.3, -0.25) is 0 Å². The van der Waals surface area contributed by atoms with E-state index in [4.69, 9.17) is 15.7 Å². The highest BCUT2D eigenvalue weighted by Crippen LogP contribution is 2.13. The van der Waals surface area contributed by atoms with E-state index in [1.54, 1.807) is 31.2 Å². The van der Waals surface area contributed by atoms with Crippen molar-refractivity contribution >= 4 is 17.7 Å². The molecule has 1 aromatic rings. The van der Waals surface area contributed by atoms with Crippen LogP contribution in [0.15, 0.2) is 24.3 Å². The maximum Gasteiger partial charge on any atom is 0.330 e. The Labute approximate surface area is 108 Å². The summed E-state index contributed by atoms with van der Waals surface area (Å²) in [5.74, 6) is -0.405. The summed E-state index contributed by atoms with van der Waals surface area (Å²) in [7, 11) is 0. The maximum absolute atomic E-state index is 11.0. The van der Waals surface area contributed by atoms with Crippen LogP contribution in [0.1, 0.15) is 31.9 Å². The number of ether oxygens (including phenoxy) is 1. The highest BCUT2D eigenvalue weighted by Gasteiger charge is 1.99. The van der Waals surface area contributed by atoms with Gasteiger partial charge in [0.25, 0.3) is 0 Å². The number of benzene rings is 1. The van der Waals surface area contributed by atoms with E-state index < -0.39 is 5.97 Å². The van der Waals surface area contributed by atoms with Crippen LogP contribution >= 0.6 is 0 Å². The Morgan fingerprint density at radius 2 is 2.17 bits per heavy atom. The van der Waals surface area contributed by atoms with E-state index >= 15 is 0 Å². The van der Waals surface area contributed by atoms with Crippen LogP contribution in [0.4, 0.5) is 5.69 Å². The minimum absolute atomic E-state index is 0.342. The normalized spacial score (nSPS) is 9.22. The minimum atomic E-state index is -0.405. The van der Waals surface area contributed by atoms with Gasteiger partial charge in [0.2, 0.25) is 0 Å². The summed E-state index contributed by atoms with van der Waals surface area (Å²) < 4.78 is 4.73. The van der Waals surface area contributed by atoms with E-state index in [1.807, 2.05) is 19.9 Å². The van der Waals surface area contributed by atoms with E-state index in [0.717, 1.165) is 5.56 Å². The van der Waals surface area contributed by atoms with Gasteiger partial charge >= 0.3 is 5.97 Å². The van der Waals surface area contributed by atoms with Gasteiger partial charge in [0.05, 0.1) is 12.2 Å². The molecule has 0 radical (unpaired) electrons. The first-order chi connectivity index (χ1) is 8.67. The lowest BCUT2D eigenvalue weighted by Gasteiger charge is -1.99. The van der Waals surface area contributed by atoms with Crippen LogP contribution in [-0.4, -0.2) is 12.6 Å². The summed E-state index contributed by atoms with van der Waals surface area (Å²) in [4.78, 5) is 11.0. The zero-order valence-corrected chi connectivity index (χ0v) is 10.9. The summed E-state index contributed by atoms with van der Waals surface area (Å²) >= 11 is 0. The molecule has 0 saturated heterocycles. The Morgan fingerprint density at radius 3 is 2.72 bits per heavy atom. The number of nitrogens with zero attached hydrogens (tertiary/aromatic N) is 1. The number of hydrogen-bond acceptors (Lipinski definition) is 4. The Bertz CT molecular complexity index is 459. The van der Waals surface area contributed by atoms with Crippen LogP contribution in [0.25, 0.3) is 6.08 Å². The molecule has 0 unspecified atom stereocenters. The number of hydrogen-bond donors (Lipinski definition) is 1. The molecule has 0 aliphatic rings. The van der Waals surface area contributed by atoms with Gasteiger partial charge in [-0.2, -0.15) is 5.26 Å². The molecule has 96 valence electrons. The van der Waals surface area contributed by atoms with Crippen molar-refractivity contribution in [3.05, 3.63) is 35.4 Å². The van der Waals surface area contributed by atoms with Gasteiger partial charge in [-0.15, -0.1) is 0 Å². The van der Waals surface area contributed by atoms with Crippen molar-refractivity contribution in [2.75, 3.05) is 12.3 Å². The first kappa shape index (κ1) is 15.7. The molecule has 0 amide bonds. The Morgan fingerprint density at radius 1 is 1.50 bits per heavy atom. The first-order valence-corrected chi connectivity index (χ1v) is 5.82. The fraction of sp³-hybridized carbons (Fsp3) is 0.286. The molecule has 4 nitrogen and oxygen atoms in total. The second-order valence-electron chi connectivity index (χ2n) is 3.04. The number of carbonyl (C=O) groups is 1. The summed E-state index contributed by atoms with van der Waals surface area (Å²) in [6, 6.07) is 6.95. The van der Waals surface area contributed by atoms with Crippen molar-refractivity contribution in [1.29, 1.82) is 5.26 Å². The van der Waals surface area contributed by atoms with E-state index in [9.17, 15) is 4.79 Å². The number of anilines is 1. The smallest absolute Gasteiger partial charge is 0.330 e. The quantitative estimate of drug-likeness (QED) is 0.505. The van der Waals surface area contributed by atoms with Crippen LogP contribution in [0.5, 0.6) is 0 Å². The third-order valence-corrected chi connectivity index (χ3v) is 1.90. The van der Waals surface area contributed by atoms with Crippen molar-refractivity contribution in [2.45, 2.75) is 20.8 Å². The zero-order chi connectivity index (χ0) is 14.0. The van der Waals surface area contributed by atoms with Gasteiger partial charge < -0.3 is 10.5 Å². The predicted molar refractivity (Wildman–Crippen MR) is 72.6 cm³/mol. The second-order valence-corrected chi connectivity index (χ2v) is 3.04. The average molecular weight is 246 g/mol. The maximum atomic E-state index is 11.0. The summed E-state index contributed by atoms with van der Waals surface area (Å²) in [5.41, 5.74) is 7.12. The number of carbonyl (C=O) groups excluding carboxylic acids is 1. The molecular weight excluding hydrogens is 228 g/mol. The molecule has 1 aromatic carbocycles. The van der Waals surface area contributed by atoms with Crippen molar-refractivity contribution < 1.29 is 9.53 Å². The van der Waals surface area contributed by atoms with E-state index in [0.29, 0.717) is 17.9 Å². The van der Waals surface area contributed by atoms with E-state index in [-0.39, 0.29) is 0 Å². The number of nitrogen functional groups attached to an aromatic ring is 1. The summed E-state index contributed by atoms with van der Waals surface area (Å²) in [5, 5.41) is 8.76. The predicted octanol–water partition coefficient (Wildman–Crippen LogP) is 2.74. The van der Waals surface area contributed by atoms with Gasteiger partial charge in [0.15, 0.2) is 0 Å². The van der Waals surface area contributed by atoms with Crippen LogP contribution in [0.3, 0.4) is 0 Å². The molecule has 0 spiro atoms. The number of rotatable bonds is 3. The molecular formula is C14H18N2O2. The monoisotopic (exact) mass is 246 g/mol. The number of esters is 1. The van der Waals surface area contributed by atoms with Gasteiger partial charge in [-0.1, -0.05) is 19.9 Å². The van der Waals surface area contributed by atoms with Crippen molar-refractivity contribution in [3.8, 4) is 6.07 Å². The molecule has 4 heteroatoms. The molecule has 0 saturated carbocycles. The van der Waals surface area contributed by atoms with Crippen molar-refractivity contribution in [2.24, 2.45) is 0 Å². The molecule has 0 aliphatic heterocycles. The molecule has 0 heterocycles. The molecule has 0 aliphatic carbocycles. The lowest BCUT2D eigenvalue weighted by molar-refractivity contribution is -0.137. The molecule has 0 fully saturated rings. The molecule has 0 aromatic heterocycles. The molecule has 0 atom stereocenters. The van der Waals surface area contributed by atoms with Crippen LogP contribution < -0.4 is 5.73 Å². The Hall–Kier alpha value is -2.28. The minimum Gasteiger partial charge on any atom is -0.463 e. The lowest BCUT2D eigenvalue weighted by Crippen LogP contribution is -1.98. The van der Waals surface area contributed by atoms with Gasteiger partial charge in [0, 0.05) is 11.8 Å². The third kappa shape index (κ3) is 5.17. The fourth-order valence-electron chi connectivity index (χ4n) is 1.13. The van der Waals surface area contributed by atoms with Crippen LogP contribution in [0, 0.1) is 11.3 Å². The van der Waals surface area contributed by atoms with Crippen LogP contribution in [-0.2, 0) is 9.53 Å². The molecule has 1 rings (SSSR count). The largest absolute Gasteiger partial charge is 0.463 e. The molecule has 0 bridgehead atoms.